The van der Waals surface area contributed by atoms with Crippen molar-refractivity contribution in [3.63, 3.8) is 0 Å². The lowest BCUT2D eigenvalue weighted by molar-refractivity contribution is 0.103. The van der Waals surface area contributed by atoms with Gasteiger partial charge in [-0.15, -0.1) is 0 Å². The van der Waals surface area contributed by atoms with Gasteiger partial charge in [-0.05, 0) is 43.0 Å². The number of hydrogen-bond acceptors (Lipinski definition) is 2. The number of carbonyl (C=O) groups is 1. The number of hydrogen-bond donors (Lipinski definition) is 0. The molecule has 0 amide bonds. The van der Waals surface area contributed by atoms with Gasteiger partial charge in [-0.3, -0.25) is 4.79 Å². The van der Waals surface area contributed by atoms with Gasteiger partial charge in [-0.25, -0.2) is 0 Å². The molecule has 2 nitrogen and oxygen atoms in total. The van der Waals surface area contributed by atoms with E-state index in [1.807, 2.05) is 48.5 Å². The molecule has 1 aliphatic heterocycles. The highest BCUT2D eigenvalue weighted by molar-refractivity contribution is 6.09. The molecule has 0 N–H and O–H groups in total. The summed E-state index contributed by atoms with van der Waals surface area (Å²) in [6.07, 6.45) is 3.19. The number of carbonyl (C=O) groups excluding carboxylic acids is 1. The van der Waals surface area contributed by atoms with E-state index < -0.39 is 0 Å². The maximum atomic E-state index is 12.4. The molecular weight excluding hydrogens is 236 g/mol. The Balaban J connectivity index is 1.94. The molecule has 1 aliphatic rings. The summed E-state index contributed by atoms with van der Waals surface area (Å²) in [4.78, 5) is 12.4. The fourth-order valence-electron chi connectivity index (χ4n) is 2.41. The zero-order valence-corrected chi connectivity index (χ0v) is 10.8. The molecule has 0 aromatic heterocycles. The van der Waals surface area contributed by atoms with Crippen molar-refractivity contribution in [1.82, 2.24) is 0 Å². The molecule has 2 aromatic rings. The Labute approximate surface area is 113 Å². The van der Waals surface area contributed by atoms with Crippen molar-refractivity contribution in [3.05, 3.63) is 65.2 Å². The Morgan fingerprint density at radius 3 is 2.63 bits per heavy atom. The summed E-state index contributed by atoms with van der Waals surface area (Å²) in [5.41, 5.74) is 2.63. The molecule has 0 bridgehead atoms. The van der Waals surface area contributed by atoms with Crippen LogP contribution in [0, 0.1) is 0 Å². The van der Waals surface area contributed by atoms with Gasteiger partial charge in [0, 0.05) is 11.1 Å². The zero-order chi connectivity index (χ0) is 13.1. The van der Waals surface area contributed by atoms with Crippen LogP contribution in [0.2, 0.25) is 0 Å². The Morgan fingerprint density at radius 2 is 1.79 bits per heavy atom. The standard InChI is InChI=1S/C17H16O2/c18-17(13-6-2-1-3-7-13)15-9-10-16-14(12-15)8-4-5-11-19-16/h1-3,6-7,9-10,12H,4-5,8,11H2. The molecule has 1 heterocycles. The minimum atomic E-state index is 0.0765. The van der Waals surface area contributed by atoms with Crippen LogP contribution in [-0.4, -0.2) is 12.4 Å². The van der Waals surface area contributed by atoms with Crippen LogP contribution in [0.15, 0.2) is 48.5 Å². The van der Waals surface area contributed by atoms with Gasteiger partial charge in [0.1, 0.15) is 5.75 Å². The summed E-state index contributed by atoms with van der Waals surface area (Å²) in [5, 5.41) is 0. The second kappa shape index (κ2) is 5.27. The van der Waals surface area contributed by atoms with Crippen molar-refractivity contribution >= 4 is 5.78 Å². The van der Waals surface area contributed by atoms with Crippen LogP contribution in [0.25, 0.3) is 0 Å². The van der Waals surface area contributed by atoms with E-state index in [2.05, 4.69) is 0 Å². The third-order valence-corrected chi connectivity index (χ3v) is 3.46. The van der Waals surface area contributed by atoms with Crippen molar-refractivity contribution in [1.29, 1.82) is 0 Å². The van der Waals surface area contributed by atoms with Crippen molar-refractivity contribution in [2.45, 2.75) is 19.3 Å². The first kappa shape index (κ1) is 12.0. The number of benzene rings is 2. The van der Waals surface area contributed by atoms with Gasteiger partial charge in [0.25, 0.3) is 0 Å². The van der Waals surface area contributed by atoms with Crippen LogP contribution in [0.4, 0.5) is 0 Å². The van der Waals surface area contributed by atoms with Crippen LogP contribution in [0.1, 0.15) is 34.3 Å². The minimum absolute atomic E-state index is 0.0765. The van der Waals surface area contributed by atoms with Crippen LogP contribution in [0.5, 0.6) is 5.75 Å². The van der Waals surface area contributed by atoms with Crippen LogP contribution in [-0.2, 0) is 6.42 Å². The minimum Gasteiger partial charge on any atom is -0.493 e. The van der Waals surface area contributed by atoms with Crippen molar-refractivity contribution in [2.75, 3.05) is 6.61 Å². The fourth-order valence-corrected chi connectivity index (χ4v) is 2.41. The Hall–Kier alpha value is -2.09. The molecule has 0 radical (unpaired) electrons. The van der Waals surface area contributed by atoms with E-state index in [0.29, 0.717) is 0 Å². The van der Waals surface area contributed by atoms with Gasteiger partial charge in [-0.1, -0.05) is 30.3 Å². The molecule has 96 valence electrons. The largest absolute Gasteiger partial charge is 0.493 e. The SMILES string of the molecule is O=C(c1ccccc1)c1ccc2c(c1)CCCCO2. The average Bonchev–Trinajstić information content (AvgIpc) is 2.72. The summed E-state index contributed by atoms with van der Waals surface area (Å²) in [6.45, 7) is 0.777. The first-order valence-corrected chi connectivity index (χ1v) is 6.70. The molecule has 0 fully saturated rings. The molecule has 0 atom stereocenters. The van der Waals surface area contributed by atoms with Gasteiger partial charge < -0.3 is 4.74 Å². The zero-order valence-electron chi connectivity index (χ0n) is 10.8. The first-order valence-electron chi connectivity index (χ1n) is 6.70. The normalized spacial score (nSPS) is 14.1. The predicted octanol–water partition coefficient (Wildman–Crippen LogP) is 3.63. The number of ether oxygens (including phenoxy) is 1. The Morgan fingerprint density at radius 1 is 0.947 bits per heavy atom. The lowest BCUT2D eigenvalue weighted by Crippen LogP contribution is -2.02. The summed E-state index contributed by atoms with van der Waals surface area (Å²) in [5.74, 6) is 1.01. The van der Waals surface area contributed by atoms with E-state index >= 15 is 0 Å². The van der Waals surface area contributed by atoms with Crippen molar-refractivity contribution < 1.29 is 9.53 Å². The van der Waals surface area contributed by atoms with Crippen molar-refractivity contribution in [3.8, 4) is 5.75 Å². The van der Waals surface area contributed by atoms with E-state index in [9.17, 15) is 4.79 Å². The van der Waals surface area contributed by atoms with Gasteiger partial charge in [-0.2, -0.15) is 0 Å². The fraction of sp³-hybridized carbons (Fsp3) is 0.235. The number of ketones is 1. The molecule has 0 unspecified atom stereocenters. The smallest absolute Gasteiger partial charge is 0.193 e. The molecule has 0 aliphatic carbocycles. The Bertz CT molecular complexity index is 587. The lowest BCUT2D eigenvalue weighted by Gasteiger charge is -2.08. The third-order valence-electron chi connectivity index (χ3n) is 3.46. The van der Waals surface area contributed by atoms with E-state index in [1.165, 1.54) is 0 Å². The average molecular weight is 252 g/mol. The molecule has 0 saturated carbocycles. The van der Waals surface area contributed by atoms with E-state index in [-0.39, 0.29) is 5.78 Å². The van der Waals surface area contributed by atoms with E-state index in [0.717, 1.165) is 48.3 Å². The van der Waals surface area contributed by atoms with Gasteiger partial charge in [0.05, 0.1) is 6.61 Å². The van der Waals surface area contributed by atoms with Crippen LogP contribution >= 0.6 is 0 Å². The maximum Gasteiger partial charge on any atom is 0.193 e. The monoisotopic (exact) mass is 252 g/mol. The molecule has 19 heavy (non-hydrogen) atoms. The predicted molar refractivity (Wildman–Crippen MR) is 74.7 cm³/mol. The van der Waals surface area contributed by atoms with Gasteiger partial charge in [0.2, 0.25) is 0 Å². The summed E-state index contributed by atoms with van der Waals surface area (Å²) >= 11 is 0. The highest BCUT2D eigenvalue weighted by Gasteiger charge is 2.13. The Kier molecular flexibility index (Phi) is 3.32. The quantitative estimate of drug-likeness (QED) is 0.763. The van der Waals surface area contributed by atoms with Crippen molar-refractivity contribution in [2.24, 2.45) is 0 Å². The number of rotatable bonds is 2. The highest BCUT2D eigenvalue weighted by atomic mass is 16.5. The number of aryl methyl sites for hydroxylation is 1. The van der Waals surface area contributed by atoms with Gasteiger partial charge in [0.15, 0.2) is 5.78 Å². The third kappa shape index (κ3) is 2.53. The molecule has 0 saturated heterocycles. The second-order valence-electron chi connectivity index (χ2n) is 4.82. The second-order valence-corrected chi connectivity index (χ2v) is 4.82. The highest BCUT2D eigenvalue weighted by Crippen LogP contribution is 2.26. The van der Waals surface area contributed by atoms with Crippen LogP contribution in [0.3, 0.4) is 0 Å². The molecule has 2 heteroatoms. The van der Waals surface area contributed by atoms with Gasteiger partial charge >= 0.3 is 0 Å². The number of fused-ring (bicyclic) bond motifs is 1. The molecule has 0 spiro atoms. The topological polar surface area (TPSA) is 26.3 Å². The molecular formula is C17H16O2. The summed E-state index contributed by atoms with van der Waals surface area (Å²) in [7, 11) is 0. The van der Waals surface area contributed by atoms with E-state index in [4.69, 9.17) is 4.74 Å². The van der Waals surface area contributed by atoms with Crippen LogP contribution < -0.4 is 4.74 Å². The maximum absolute atomic E-state index is 12.4. The summed E-state index contributed by atoms with van der Waals surface area (Å²) < 4.78 is 5.68. The summed E-state index contributed by atoms with van der Waals surface area (Å²) in [6, 6.07) is 15.2. The lowest BCUT2D eigenvalue weighted by atomic mass is 9.99. The molecule has 2 aromatic carbocycles. The van der Waals surface area contributed by atoms with E-state index in [1.54, 1.807) is 0 Å². The molecule has 3 rings (SSSR count). The first-order chi connectivity index (χ1) is 9.34.